The van der Waals surface area contributed by atoms with Gasteiger partial charge in [0.1, 0.15) is 6.17 Å². The van der Waals surface area contributed by atoms with Gasteiger partial charge in [-0.3, -0.25) is 9.69 Å². The first-order valence-electron chi connectivity index (χ1n) is 9.74. The van der Waals surface area contributed by atoms with Gasteiger partial charge in [0.25, 0.3) is 0 Å². The Labute approximate surface area is 164 Å². The van der Waals surface area contributed by atoms with E-state index in [1.807, 2.05) is 0 Å². The van der Waals surface area contributed by atoms with Crippen molar-refractivity contribution in [2.45, 2.75) is 24.4 Å². The van der Waals surface area contributed by atoms with E-state index in [1.165, 1.54) is 4.90 Å². The highest BCUT2D eigenvalue weighted by atomic mass is 32.2. The van der Waals surface area contributed by atoms with Crippen molar-refractivity contribution < 1.29 is 9.18 Å². The van der Waals surface area contributed by atoms with Gasteiger partial charge in [0.05, 0.1) is 10.7 Å². The molecule has 1 atom stereocenters. The van der Waals surface area contributed by atoms with Gasteiger partial charge in [-0.1, -0.05) is 11.8 Å². The molecule has 2 saturated heterocycles. The first kappa shape index (κ1) is 18.8. The zero-order valence-electron chi connectivity index (χ0n) is 15.8. The molecule has 3 heterocycles. The maximum Gasteiger partial charge on any atom is 0.155 e. The van der Waals surface area contributed by atoms with Crippen LogP contribution in [0.2, 0.25) is 0 Å². The zero-order valence-corrected chi connectivity index (χ0v) is 16.6. The van der Waals surface area contributed by atoms with Crippen molar-refractivity contribution in [1.29, 1.82) is 0 Å². The molecule has 5 nitrogen and oxygen atoms in total. The summed E-state index contributed by atoms with van der Waals surface area (Å²) in [5.74, 6) is 0.0671. The molecule has 0 radical (unpaired) electrons. The third-order valence-corrected chi connectivity index (χ3v) is 6.50. The number of piperazine rings is 1. The zero-order chi connectivity index (χ0) is 18.8. The lowest BCUT2D eigenvalue weighted by Crippen LogP contribution is -2.46. The second-order valence-corrected chi connectivity index (χ2v) is 8.48. The number of thioether (sulfide) groups is 1. The predicted molar refractivity (Wildman–Crippen MR) is 109 cm³/mol. The minimum absolute atomic E-state index is 0.0671. The van der Waals surface area contributed by atoms with Gasteiger partial charge in [-0.15, -0.1) is 0 Å². The lowest BCUT2D eigenvalue weighted by molar-refractivity contribution is -0.112. The number of halogens is 1. The molecule has 0 aliphatic carbocycles. The average molecular weight is 391 g/mol. The summed E-state index contributed by atoms with van der Waals surface area (Å²) in [4.78, 5) is 19.7. The molecule has 0 aromatic heterocycles. The Morgan fingerprint density at radius 3 is 2.81 bits per heavy atom. The van der Waals surface area contributed by atoms with Crippen LogP contribution in [0.5, 0.6) is 0 Å². The maximum absolute atomic E-state index is 13.6. The van der Waals surface area contributed by atoms with Gasteiger partial charge in [0.15, 0.2) is 5.78 Å². The number of carbonyl (C=O) groups excluding carboxylic acids is 1. The van der Waals surface area contributed by atoms with Crippen molar-refractivity contribution in [2.75, 3.05) is 62.2 Å². The molecular weight excluding hydrogens is 363 g/mol. The number of nitrogens with one attached hydrogen (secondary N) is 1. The van der Waals surface area contributed by atoms with E-state index in [1.54, 1.807) is 24.8 Å². The Morgan fingerprint density at radius 1 is 1.30 bits per heavy atom. The van der Waals surface area contributed by atoms with E-state index in [2.05, 4.69) is 38.2 Å². The van der Waals surface area contributed by atoms with Crippen LogP contribution in [0.15, 0.2) is 34.2 Å². The molecular formula is C20H27FN4OS. The van der Waals surface area contributed by atoms with Crippen LogP contribution in [0.25, 0.3) is 0 Å². The number of hydrogen-bond acceptors (Lipinski definition) is 6. The number of rotatable bonds is 5. The Balaban J connectivity index is 1.55. The van der Waals surface area contributed by atoms with Crippen LogP contribution in [0, 0.1) is 0 Å². The third-order valence-electron chi connectivity index (χ3n) is 5.39. The second kappa shape index (κ2) is 8.20. The summed E-state index contributed by atoms with van der Waals surface area (Å²) in [7, 11) is 0. The van der Waals surface area contributed by atoms with Gasteiger partial charge in [0.2, 0.25) is 0 Å². The topological polar surface area (TPSA) is 38.8 Å². The molecule has 1 aromatic rings. The van der Waals surface area contributed by atoms with Crippen molar-refractivity contribution in [3.05, 3.63) is 29.3 Å². The second-order valence-electron chi connectivity index (χ2n) is 7.42. The number of hydrogen-bond donors (Lipinski definition) is 1. The molecule has 4 rings (SSSR count). The van der Waals surface area contributed by atoms with Gasteiger partial charge in [-0.25, -0.2) is 4.39 Å². The SMILES string of the molecule is CC(=O)/C=C1\Sc2ccc(N3CC[C@@H](F)C3)cc2N1CCN1CCNCC1. The van der Waals surface area contributed by atoms with E-state index in [-0.39, 0.29) is 5.78 Å². The molecule has 3 aliphatic rings. The van der Waals surface area contributed by atoms with Crippen molar-refractivity contribution in [3.8, 4) is 0 Å². The smallest absolute Gasteiger partial charge is 0.155 e. The molecule has 2 fully saturated rings. The van der Waals surface area contributed by atoms with E-state index in [0.717, 1.165) is 62.2 Å². The summed E-state index contributed by atoms with van der Waals surface area (Å²) >= 11 is 1.65. The normalized spacial score (nSPS) is 24.7. The van der Waals surface area contributed by atoms with Crippen molar-refractivity contribution in [1.82, 2.24) is 10.2 Å². The van der Waals surface area contributed by atoms with Crippen LogP contribution in [-0.4, -0.2) is 69.2 Å². The summed E-state index contributed by atoms with van der Waals surface area (Å²) in [5.41, 5.74) is 2.22. The van der Waals surface area contributed by atoms with E-state index >= 15 is 0 Å². The summed E-state index contributed by atoms with van der Waals surface area (Å²) in [6.45, 7) is 8.85. The molecule has 0 unspecified atom stereocenters. The average Bonchev–Trinajstić information content (AvgIpc) is 3.23. The molecule has 3 aliphatic heterocycles. The highest BCUT2D eigenvalue weighted by Gasteiger charge is 2.28. The van der Waals surface area contributed by atoms with Crippen molar-refractivity contribution in [2.24, 2.45) is 0 Å². The van der Waals surface area contributed by atoms with E-state index in [0.29, 0.717) is 13.0 Å². The van der Waals surface area contributed by atoms with E-state index in [4.69, 9.17) is 0 Å². The van der Waals surface area contributed by atoms with Gasteiger partial charge >= 0.3 is 0 Å². The number of carbonyl (C=O) groups is 1. The Bertz CT molecular complexity index is 735. The molecule has 0 saturated carbocycles. The van der Waals surface area contributed by atoms with Crippen LogP contribution >= 0.6 is 11.8 Å². The number of nitrogens with zero attached hydrogens (tertiary/aromatic N) is 3. The molecule has 1 aromatic carbocycles. The fourth-order valence-electron chi connectivity index (χ4n) is 3.93. The monoisotopic (exact) mass is 390 g/mol. The van der Waals surface area contributed by atoms with Crippen LogP contribution in [0.4, 0.5) is 15.8 Å². The maximum atomic E-state index is 13.6. The van der Waals surface area contributed by atoms with E-state index in [9.17, 15) is 9.18 Å². The standard InChI is InChI=1S/C20H27FN4OS/c1-15(26)12-20-25(11-10-23-8-5-22-6-9-23)18-13-17(2-3-19(18)27-20)24-7-4-16(21)14-24/h2-3,12-13,16,22H,4-11,14H2,1H3/b20-12-/t16-/m1/s1. The Kier molecular flexibility index (Phi) is 5.71. The molecule has 0 bridgehead atoms. The molecule has 146 valence electrons. The Hall–Kier alpha value is -1.57. The minimum atomic E-state index is -0.732. The number of alkyl halides is 1. The number of benzene rings is 1. The van der Waals surface area contributed by atoms with E-state index < -0.39 is 6.17 Å². The fraction of sp³-hybridized carbons (Fsp3) is 0.550. The van der Waals surface area contributed by atoms with Gasteiger partial charge < -0.3 is 15.1 Å². The third kappa shape index (κ3) is 4.31. The molecule has 7 heteroatoms. The molecule has 1 N–H and O–H groups in total. The van der Waals surface area contributed by atoms with Crippen LogP contribution in [0.3, 0.4) is 0 Å². The quantitative estimate of drug-likeness (QED) is 0.779. The molecule has 27 heavy (non-hydrogen) atoms. The van der Waals surface area contributed by atoms with Crippen LogP contribution in [0.1, 0.15) is 13.3 Å². The first-order valence-corrected chi connectivity index (χ1v) is 10.6. The Morgan fingerprint density at radius 2 is 2.11 bits per heavy atom. The lowest BCUT2D eigenvalue weighted by Gasteiger charge is -2.30. The first-order chi connectivity index (χ1) is 13.1. The lowest BCUT2D eigenvalue weighted by atomic mass is 10.2. The summed E-state index contributed by atoms with van der Waals surface area (Å²) in [6.07, 6.45) is 1.61. The van der Waals surface area contributed by atoms with Crippen LogP contribution in [-0.2, 0) is 4.79 Å². The largest absolute Gasteiger partial charge is 0.368 e. The summed E-state index contributed by atoms with van der Waals surface area (Å²) < 4.78 is 13.6. The highest BCUT2D eigenvalue weighted by molar-refractivity contribution is 8.03. The molecule has 0 spiro atoms. The highest BCUT2D eigenvalue weighted by Crippen LogP contribution is 2.47. The van der Waals surface area contributed by atoms with Gasteiger partial charge in [-0.05, 0) is 31.5 Å². The summed E-state index contributed by atoms with van der Waals surface area (Å²) in [6, 6.07) is 6.36. The predicted octanol–water partition coefficient (Wildman–Crippen LogP) is 2.48. The van der Waals surface area contributed by atoms with Gasteiger partial charge in [0, 0.05) is 69.0 Å². The number of ketones is 1. The number of allylic oxidation sites excluding steroid dienone is 1. The summed E-state index contributed by atoms with van der Waals surface area (Å²) in [5, 5.41) is 4.38. The number of anilines is 2. The van der Waals surface area contributed by atoms with Crippen molar-refractivity contribution >= 4 is 28.9 Å². The van der Waals surface area contributed by atoms with Crippen molar-refractivity contribution in [3.63, 3.8) is 0 Å². The molecule has 0 amide bonds. The fourth-order valence-corrected chi connectivity index (χ4v) is 5.09. The van der Waals surface area contributed by atoms with Crippen LogP contribution < -0.4 is 15.1 Å². The minimum Gasteiger partial charge on any atom is -0.368 e. The van der Waals surface area contributed by atoms with Gasteiger partial charge in [-0.2, -0.15) is 0 Å². The number of fused-ring (bicyclic) bond motifs is 1.